The van der Waals surface area contributed by atoms with E-state index < -0.39 is 10.0 Å². The molecule has 0 aliphatic carbocycles. The maximum absolute atomic E-state index is 12.0. The van der Waals surface area contributed by atoms with E-state index in [1.165, 1.54) is 16.2 Å². The number of nitrogens with zero attached hydrogens (tertiary/aromatic N) is 2. The predicted octanol–water partition coefficient (Wildman–Crippen LogP) is 3.42. The van der Waals surface area contributed by atoms with Gasteiger partial charge in [-0.25, -0.2) is 8.42 Å². The van der Waals surface area contributed by atoms with Crippen LogP contribution >= 0.6 is 11.3 Å². The molecule has 0 saturated heterocycles. The van der Waals surface area contributed by atoms with E-state index in [0.29, 0.717) is 6.42 Å². The van der Waals surface area contributed by atoms with Crippen LogP contribution in [0.5, 0.6) is 0 Å². The van der Waals surface area contributed by atoms with Crippen LogP contribution in [0.15, 0.2) is 46.2 Å². The van der Waals surface area contributed by atoms with Crippen LogP contribution < -0.4 is 0 Å². The maximum Gasteiger partial charge on any atom is 0.247 e. The summed E-state index contributed by atoms with van der Waals surface area (Å²) in [5.41, 5.74) is 4.07. The molecule has 1 atom stereocenters. The molecule has 2 heterocycles. The van der Waals surface area contributed by atoms with Gasteiger partial charge in [0.2, 0.25) is 10.0 Å². The lowest BCUT2D eigenvalue weighted by Gasteiger charge is -2.20. The quantitative estimate of drug-likeness (QED) is 0.860. The van der Waals surface area contributed by atoms with Gasteiger partial charge < -0.3 is 0 Å². The summed E-state index contributed by atoms with van der Waals surface area (Å²) in [6, 6.07) is 9.91. The molecule has 0 N–H and O–H groups in total. The lowest BCUT2D eigenvalue weighted by Crippen LogP contribution is -2.25. The molecule has 0 amide bonds. The van der Waals surface area contributed by atoms with Gasteiger partial charge >= 0.3 is 0 Å². The summed E-state index contributed by atoms with van der Waals surface area (Å²) in [5, 5.41) is 8.34. The molecule has 0 radical (unpaired) electrons. The van der Waals surface area contributed by atoms with E-state index in [1.807, 2.05) is 29.0 Å². The van der Waals surface area contributed by atoms with Gasteiger partial charge in [-0.05, 0) is 39.9 Å². The van der Waals surface area contributed by atoms with Crippen LogP contribution in [0.25, 0.3) is 0 Å². The van der Waals surface area contributed by atoms with Gasteiger partial charge in [0, 0.05) is 6.42 Å². The molecule has 2 aromatic rings. The third kappa shape index (κ3) is 2.94. The molecule has 1 aromatic carbocycles. The van der Waals surface area contributed by atoms with Crippen molar-refractivity contribution in [1.29, 1.82) is 0 Å². The van der Waals surface area contributed by atoms with Crippen molar-refractivity contribution in [3.8, 4) is 0 Å². The Kier molecular flexibility index (Phi) is 4.06. The topological polar surface area (TPSA) is 49.7 Å². The summed E-state index contributed by atoms with van der Waals surface area (Å²) in [4.78, 5) is 0. The van der Waals surface area contributed by atoms with Gasteiger partial charge in [-0.2, -0.15) is 20.9 Å². The van der Waals surface area contributed by atoms with E-state index in [1.54, 1.807) is 11.3 Å². The third-order valence-electron chi connectivity index (χ3n) is 3.84. The van der Waals surface area contributed by atoms with E-state index in [9.17, 15) is 8.42 Å². The predicted molar refractivity (Wildman–Crippen MR) is 90.7 cm³/mol. The zero-order valence-electron chi connectivity index (χ0n) is 12.6. The maximum atomic E-state index is 12.0. The summed E-state index contributed by atoms with van der Waals surface area (Å²) in [6.07, 6.45) is 2.80. The Labute approximate surface area is 135 Å². The average Bonchev–Trinajstić information content (AvgIpc) is 3.15. The van der Waals surface area contributed by atoms with Crippen molar-refractivity contribution in [2.24, 2.45) is 5.10 Å². The molecule has 4 nitrogen and oxygen atoms in total. The molecule has 6 heteroatoms. The van der Waals surface area contributed by atoms with Crippen molar-refractivity contribution >= 4 is 27.1 Å². The van der Waals surface area contributed by atoms with Gasteiger partial charge in [0.25, 0.3) is 0 Å². The second-order valence-corrected chi connectivity index (χ2v) is 8.03. The SMILES string of the molecule is CCc1ccc(C2=NN(S(C)(=O)=O)[C@H](c3ccsc3)C2)cc1. The molecule has 0 spiro atoms. The van der Waals surface area contributed by atoms with Crippen LogP contribution in [0.2, 0.25) is 0 Å². The first kappa shape index (κ1) is 15.2. The second kappa shape index (κ2) is 5.85. The van der Waals surface area contributed by atoms with Crippen molar-refractivity contribution in [1.82, 2.24) is 4.41 Å². The van der Waals surface area contributed by atoms with Crippen LogP contribution in [0, 0.1) is 0 Å². The highest BCUT2D eigenvalue weighted by Crippen LogP contribution is 2.35. The van der Waals surface area contributed by atoms with Crippen molar-refractivity contribution in [2.75, 3.05) is 6.26 Å². The fourth-order valence-corrected chi connectivity index (χ4v) is 4.23. The zero-order chi connectivity index (χ0) is 15.7. The number of benzene rings is 1. The Morgan fingerprint density at radius 3 is 2.55 bits per heavy atom. The Hall–Kier alpha value is -1.66. The molecule has 3 rings (SSSR count). The van der Waals surface area contributed by atoms with Crippen LogP contribution in [0.3, 0.4) is 0 Å². The lowest BCUT2D eigenvalue weighted by molar-refractivity contribution is 0.375. The van der Waals surface area contributed by atoms with E-state index >= 15 is 0 Å². The van der Waals surface area contributed by atoms with Crippen LogP contribution in [0.1, 0.15) is 36.1 Å². The highest BCUT2D eigenvalue weighted by molar-refractivity contribution is 7.88. The van der Waals surface area contributed by atoms with Crippen molar-refractivity contribution in [3.63, 3.8) is 0 Å². The molecule has 1 aliphatic heterocycles. The van der Waals surface area contributed by atoms with Crippen molar-refractivity contribution in [2.45, 2.75) is 25.8 Å². The fourth-order valence-electron chi connectivity index (χ4n) is 2.61. The normalized spacial score (nSPS) is 18.5. The smallest absolute Gasteiger partial charge is 0.205 e. The Morgan fingerprint density at radius 2 is 2.00 bits per heavy atom. The molecule has 0 bridgehead atoms. The summed E-state index contributed by atoms with van der Waals surface area (Å²) in [7, 11) is -3.38. The number of aryl methyl sites for hydroxylation is 1. The largest absolute Gasteiger partial charge is 0.247 e. The van der Waals surface area contributed by atoms with E-state index in [2.05, 4.69) is 24.2 Å². The van der Waals surface area contributed by atoms with E-state index in [0.717, 1.165) is 23.3 Å². The highest BCUT2D eigenvalue weighted by atomic mass is 32.2. The zero-order valence-corrected chi connectivity index (χ0v) is 14.2. The Morgan fingerprint density at radius 1 is 1.27 bits per heavy atom. The molecule has 0 fully saturated rings. The van der Waals surface area contributed by atoms with Gasteiger partial charge in [0.1, 0.15) is 0 Å². The monoisotopic (exact) mass is 334 g/mol. The third-order valence-corrected chi connectivity index (χ3v) is 5.55. The molecule has 0 saturated carbocycles. The fraction of sp³-hybridized carbons (Fsp3) is 0.312. The average molecular weight is 334 g/mol. The molecule has 116 valence electrons. The highest BCUT2D eigenvalue weighted by Gasteiger charge is 2.34. The molecule has 1 aromatic heterocycles. The van der Waals surface area contributed by atoms with Gasteiger partial charge in [-0.3, -0.25) is 0 Å². The van der Waals surface area contributed by atoms with Gasteiger partial charge in [0.05, 0.1) is 18.0 Å². The van der Waals surface area contributed by atoms with Crippen LogP contribution in [-0.2, 0) is 16.4 Å². The lowest BCUT2D eigenvalue weighted by atomic mass is 10.00. The first-order chi connectivity index (χ1) is 10.5. The van der Waals surface area contributed by atoms with E-state index in [-0.39, 0.29) is 6.04 Å². The minimum atomic E-state index is -3.38. The van der Waals surface area contributed by atoms with Crippen LogP contribution in [0.4, 0.5) is 0 Å². The minimum Gasteiger partial charge on any atom is -0.205 e. The number of hydrogen-bond donors (Lipinski definition) is 0. The Balaban J connectivity index is 1.96. The summed E-state index contributed by atoms with van der Waals surface area (Å²) >= 11 is 1.57. The first-order valence-electron chi connectivity index (χ1n) is 7.17. The first-order valence-corrected chi connectivity index (χ1v) is 9.96. The molecule has 1 aliphatic rings. The number of sulfonamides is 1. The number of thiophene rings is 1. The van der Waals surface area contributed by atoms with Crippen LogP contribution in [-0.4, -0.2) is 24.8 Å². The summed E-state index contributed by atoms with van der Waals surface area (Å²) < 4.78 is 25.3. The molecular weight excluding hydrogens is 316 g/mol. The number of hydrogen-bond acceptors (Lipinski definition) is 4. The Bertz CT molecular complexity index is 778. The molecule has 0 unspecified atom stereocenters. The number of hydrazone groups is 1. The summed E-state index contributed by atoms with van der Waals surface area (Å²) in [6.45, 7) is 2.11. The summed E-state index contributed by atoms with van der Waals surface area (Å²) in [5.74, 6) is 0. The number of rotatable bonds is 4. The van der Waals surface area contributed by atoms with Gasteiger partial charge in [0.15, 0.2) is 0 Å². The molecular formula is C16H18N2O2S2. The van der Waals surface area contributed by atoms with Crippen molar-refractivity contribution in [3.05, 3.63) is 57.8 Å². The standard InChI is InChI=1S/C16H18N2O2S2/c1-3-12-4-6-13(7-5-12)15-10-16(14-8-9-21-11-14)18(17-15)22(2,19)20/h4-9,11,16H,3,10H2,1-2H3/t16-/m0/s1. The second-order valence-electron chi connectivity index (χ2n) is 5.41. The van der Waals surface area contributed by atoms with E-state index in [4.69, 9.17) is 0 Å². The van der Waals surface area contributed by atoms with Crippen molar-refractivity contribution < 1.29 is 8.42 Å². The molecule has 22 heavy (non-hydrogen) atoms. The minimum absolute atomic E-state index is 0.234. The van der Waals surface area contributed by atoms with Gasteiger partial charge in [-0.1, -0.05) is 31.2 Å². The van der Waals surface area contributed by atoms with Gasteiger partial charge in [-0.15, -0.1) is 0 Å².